The summed E-state index contributed by atoms with van der Waals surface area (Å²) < 4.78 is 94.1. The highest BCUT2D eigenvalue weighted by Crippen LogP contribution is 2.40. The molecule has 2 N–H and O–H groups in total. The molecule has 3 aliphatic rings. The molecule has 1 amide bonds. The van der Waals surface area contributed by atoms with Crippen molar-refractivity contribution >= 4 is 5.91 Å². The minimum absolute atomic E-state index is 0.0598. The maximum atomic E-state index is 14.2. The fraction of sp³-hybridized carbons (Fsp3) is 0.359. The Morgan fingerprint density at radius 3 is 2.08 bits per heavy atom. The Morgan fingerprint density at radius 1 is 0.769 bits per heavy atom. The Morgan fingerprint density at radius 2 is 1.40 bits per heavy atom. The summed E-state index contributed by atoms with van der Waals surface area (Å²) in [6.07, 6.45) is 1.06. The number of benzene rings is 4. The van der Waals surface area contributed by atoms with E-state index >= 15 is 0 Å². The van der Waals surface area contributed by atoms with Crippen LogP contribution in [-0.2, 0) is 32.1 Å². The highest BCUT2D eigenvalue weighted by atomic mass is 19.2. The van der Waals surface area contributed by atoms with Gasteiger partial charge in [-0.05, 0) is 39.9 Å². The van der Waals surface area contributed by atoms with E-state index in [0.29, 0.717) is 31.7 Å². The lowest BCUT2D eigenvalue weighted by Crippen LogP contribution is -2.48. The zero-order chi connectivity index (χ0) is 36.4. The number of piperidine rings is 1. The Hall–Kier alpha value is -4.24. The van der Waals surface area contributed by atoms with Crippen molar-refractivity contribution in [3.8, 4) is 11.1 Å². The predicted octanol–water partition coefficient (Wildman–Crippen LogP) is 6.86. The van der Waals surface area contributed by atoms with Crippen molar-refractivity contribution in [1.82, 2.24) is 10.2 Å². The van der Waals surface area contributed by atoms with Crippen LogP contribution in [0.1, 0.15) is 64.3 Å². The van der Waals surface area contributed by atoms with Gasteiger partial charge in [0.25, 0.3) is 5.91 Å². The van der Waals surface area contributed by atoms with E-state index < -0.39 is 52.6 Å². The number of carbonyl (C=O) groups excluding carboxylic acids is 1. The Kier molecular flexibility index (Phi) is 10.7. The van der Waals surface area contributed by atoms with Gasteiger partial charge in [-0.1, -0.05) is 60.7 Å². The third-order valence-electron chi connectivity index (χ3n) is 9.82. The number of hydrogen-bond acceptors (Lipinski definition) is 7. The Labute approximate surface area is 297 Å². The van der Waals surface area contributed by atoms with Crippen LogP contribution in [0.4, 0.5) is 22.0 Å². The van der Waals surface area contributed by atoms with Crippen LogP contribution in [0.2, 0.25) is 0 Å². The molecule has 8 nitrogen and oxygen atoms in total. The van der Waals surface area contributed by atoms with Crippen LogP contribution < -0.4 is 5.32 Å². The van der Waals surface area contributed by atoms with Crippen molar-refractivity contribution in [1.29, 1.82) is 0 Å². The lowest BCUT2D eigenvalue weighted by molar-refractivity contribution is -0.255. The topological polar surface area (TPSA) is 89.5 Å². The molecule has 3 atom stereocenters. The van der Waals surface area contributed by atoms with Crippen LogP contribution in [0.25, 0.3) is 11.1 Å². The van der Waals surface area contributed by atoms with Crippen LogP contribution in [0.5, 0.6) is 0 Å². The van der Waals surface area contributed by atoms with Crippen LogP contribution >= 0.6 is 0 Å². The molecule has 13 heteroatoms. The number of carbonyl (C=O) groups is 1. The SMILES string of the molecule is O=C(NCc1cccc(-c2cccc([C@H]3O[C@@H](CN4CCC5(CC4)OCCO5)C[C@@H](c4ccc(CO)cc4)O3)c2)c1)c1c(F)c(F)c(F)c(F)c1F. The molecule has 0 radical (unpaired) electrons. The lowest BCUT2D eigenvalue weighted by atomic mass is 9.97. The summed E-state index contributed by atoms with van der Waals surface area (Å²) in [7, 11) is 0. The second-order valence-electron chi connectivity index (χ2n) is 13.2. The molecule has 3 heterocycles. The number of halogens is 5. The number of rotatable bonds is 9. The number of likely N-dealkylation sites (tertiary alicyclic amines) is 1. The highest BCUT2D eigenvalue weighted by molar-refractivity contribution is 5.94. The standard InChI is InChI=1S/C39H37F5N2O6/c40-32-31(33(41)35(43)36(44)34(32)42)37(48)45-20-24-3-1-4-26(17-24)27-5-2-6-28(18-27)38-51-29(19-30(52-38)25-9-7-23(22-47)8-10-25)21-46-13-11-39(12-14-46)49-15-16-50-39/h1-10,17-18,29-30,38,47H,11-16,19-22H2,(H,45,48)/t29-,30+,38+/m1/s1. The summed E-state index contributed by atoms with van der Waals surface area (Å²) in [6, 6.07) is 22.2. The average molecular weight is 725 g/mol. The molecule has 3 fully saturated rings. The summed E-state index contributed by atoms with van der Waals surface area (Å²) in [6.45, 7) is 3.26. The molecule has 4 aromatic carbocycles. The molecular weight excluding hydrogens is 687 g/mol. The first-order chi connectivity index (χ1) is 25.1. The minimum atomic E-state index is -2.33. The first-order valence-electron chi connectivity index (χ1n) is 17.1. The zero-order valence-corrected chi connectivity index (χ0v) is 28.1. The summed E-state index contributed by atoms with van der Waals surface area (Å²) in [5, 5.41) is 11.8. The van der Waals surface area contributed by atoms with Crippen LogP contribution in [0.15, 0.2) is 72.8 Å². The van der Waals surface area contributed by atoms with Crippen LogP contribution in [0.3, 0.4) is 0 Å². The van der Waals surface area contributed by atoms with Gasteiger partial charge in [0, 0.05) is 51.0 Å². The van der Waals surface area contributed by atoms with Crippen molar-refractivity contribution in [3.63, 3.8) is 0 Å². The van der Waals surface area contributed by atoms with E-state index in [-0.39, 0.29) is 25.4 Å². The van der Waals surface area contributed by atoms with E-state index in [2.05, 4.69) is 10.2 Å². The number of aliphatic hydroxyl groups excluding tert-OH is 1. The fourth-order valence-corrected chi connectivity index (χ4v) is 6.98. The second kappa shape index (κ2) is 15.4. The van der Waals surface area contributed by atoms with Gasteiger partial charge in [-0.3, -0.25) is 4.79 Å². The molecule has 4 aromatic rings. The lowest BCUT2D eigenvalue weighted by Gasteiger charge is -2.41. The first-order valence-corrected chi connectivity index (χ1v) is 17.1. The van der Waals surface area contributed by atoms with E-state index in [9.17, 15) is 31.9 Å². The average Bonchev–Trinajstić information content (AvgIpc) is 3.64. The molecule has 274 valence electrons. The summed E-state index contributed by atoms with van der Waals surface area (Å²) in [4.78, 5) is 14.9. The number of nitrogens with zero attached hydrogens (tertiary/aromatic N) is 1. The zero-order valence-electron chi connectivity index (χ0n) is 28.1. The molecule has 3 aliphatic heterocycles. The second-order valence-corrected chi connectivity index (χ2v) is 13.2. The number of ether oxygens (including phenoxy) is 4. The molecule has 3 saturated heterocycles. The van der Waals surface area contributed by atoms with Crippen molar-refractivity contribution in [3.05, 3.63) is 130 Å². The van der Waals surface area contributed by atoms with E-state index in [0.717, 1.165) is 53.7 Å². The van der Waals surface area contributed by atoms with Gasteiger partial charge in [-0.15, -0.1) is 0 Å². The van der Waals surface area contributed by atoms with Crippen LogP contribution in [-0.4, -0.2) is 60.7 Å². The molecule has 0 unspecified atom stereocenters. The molecule has 0 aromatic heterocycles. The van der Waals surface area contributed by atoms with Gasteiger partial charge in [0.1, 0.15) is 5.56 Å². The molecule has 0 aliphatic carbocycles. The predicted molar refractivity (Wildman–Crippen MR) is 178 cm³/mol. The molecule has 7 rings (SSSR count). The third-order valence-corrected chi connectivity index (χ3v) is 9.82. The van der Waals surface area contributed by atoms with Gasteiger partial charge in [0.15, 0.2) is 35.3 Å². The molecule has 0 saturated carbocycles. The molecule has 1 spiro atoms. The minimum Gasteiger partial charge on any atom is -0.392 e. The number of amides is 1. The maximum Gasteiger partial charge on any atom is 0.257 e. The monoisotopic (exact) mass is 724 g/mol. The maximum absolute atomic E-state index is 14.2. The highest BCUT2D eigenvalue weighted by Gasteiger charge is 2.41. The normalized spacial score (nSPS) is 21.8. The quantitative estimate of drug-likeness (QED) is 0.111. The fourth-order valence-electron chi connectivity index (χ4n) is 6.98. The third kappa shape index (κ3) is 7.61. The van der Waals surface area contributed by atoms with Gasteiger partial charge < -0.3 is 34.3 Å². The van der Waals surface area contributed by atoms with Gasteiger partial charge in [0.05, 0.1) is 32.0 Å². The summed E-state index contributed by atoms with van der Waals surface area (Å²) in [5.74, 6) is -13.0. The first kappa shape index (κ1) is 36.1. The Bertz CT molecular complexity index is 1880. The van der Waals surface area contributed by atoms with E-state index in [1.807, 2.05) is 54.6 Å². The molecule has 0 bridgehead atoms. The van der Waals surface area contributed by atoms with Crippen molar-refractivity contribution in [2.45, 2.75) is 56.7 Å². The van der Waals surface area contributed by atoms with Crippen molar-refractivity contribution < 1.29 is 50.8 Å². The van der Waals surface area contributed by atoms with E-state index in [1.165, 1.54) is 0 Å². The van der Waals surface area contributed by atoms with E-state index in [1.54, 1.807) is 18.2 Å². The van der Waals surface area contributed by atoms with Crippen molar-refractivity contribution in [2.24, 2.45) is 0 Å². The van der Waals surface area contributed by atoms with Gasteiger partial charge in [-0.25, -0.2) is 22.0 Å². The number of aliphatic hydroxyl groups is 1. The molecular formula is C39H37F5N2O6. The number of nitrogens with one attached hydrogen (secondary N) is 1. The van der Waals surface area contributed by atoms with Gasteiger partial charge >= 0.3 is 0 Å². The number of hydrogen-bond donors (Lipinski definition) is 2. The summed E-state index contributed by atoms with van der Waals surface area (Å²) in [5.41, 5.74) is 3.05. The van der Waals surface area contributed by atoms with Gasteiger partial charge in [-0.2, -0.15) is 0 Å². The Balaban J connectivity index is 1.07. The smallest absolute Gasteiger partial charge is 0.257 e. The van der Waals surface area contributed by atoms with Crippen molar-refractivity contribution in [2.75, 3.05) is 32.8 Å². The summed E-state index contributed by atoms with van der Waals surface area (Å²) >= 11 is 0. The van der Waals surface area contributed by atoms with Gasteiger partial charge in [0.2, 0.25) is 5.82 Å². The molecule has 52 heavy (non-hydrogen) atoms. The largest absolute Gasteiger partial charge is 0.392 e. The van der Waals surface area contributed by atoms with E-state index in [4.69, 9.17) is 18.9 Å². The van der Waals surface area contributed by atoms with Crippen LogP contribution in [0, 0.1) is 29.1 Å².